The molecule has 2 aliphatic rings. The first-order valence-corrected chi connectivity index (χ1v) is 9.32. The molecular weight excluding hydrogens is 356 g/mol. The van der Waals surface area contributed by atoms with Gasteiger partial charge in [0.15, 0.2) is 11.6 Å². The Bertz CT molecular complexity index is 683. The molecule has 1 aliphatic carbocycles. The van der Waals surface area contributed by atoms with E-state index in [0.717, 1.165) is 32.0 Å². The number of esters is 1. The molecule has 1 saturated carbocycles. The molecule has 1 aromatic rings. The van der Waals surface area contributed by atoms with Crippen LogP contribution < -0.4 is 4.74 Å². The van der Waals surface area contributed by atoms with Crippen molar-refractivity contribution in [3.05, 3.63) is 42.0 Å². The first-order valence-electron chi connectivity index (χ1n) is 9.32. The van der Waals surface area contributed by atoms with Gasteiger partial charge in [-0.25, -0.2) is 9.18 Å². The van der Waals surface area contributed by atoms with Gasteiger partial charge in [0.2, 0.25) is 5.82 Å². The Morgan fingerprint density at radius 2 is 1.96 bits per heavy atom. The van der Waals surface area contributed by atoms with E-state index in [0.29, 0.717) is 32.6 Å². The van der Waals surface area contributed by atoms with Crippen molar-refractivity contribution in [1.82, 2.24) is 4.90 Å². The molecular formula is C20H25F2NO4. The maximum Gasteiger partial charge on any atom is 0.338 e. The average Bonchev–Trinajstić information content (AvgIpc) is 3.15. The summed E-state index contributed by atoms with van der Waals surface area (Å²) < 4.78 is 44.4. The fraction of sp³-hybridized carbons (Fsp3) is 0.550. The number of ether oxygens (including phenoxy) is 3. The monoisotopic (exact) mass is 381 g/mol. The van der Waals surface area contributed by atoms with E-state index >= 15 is 0 Å². The predicted octanol–water partition coefficient (Wildman–Crippen LogP) is 3.33. The van der Waals surface area contributed by atoms with E-state index in [1.54, 1.807) is 6.08 Å². The van der Waals surface area contributed by atoms with E-state index < -0.39 is 23.2 Å². The lowest BCUT2D eigenvalue weighted by atomic mass is 10.0. The van der Waals surface area contributed by atoms with Gasteiger partial charge in [0.1, 0.15) is 12.2 Å². The third-order valence-corrected chi connectivity index (χ3v) is 5.11. The van der Waals surface area contributed by atoms with Gasteiger partial charge in [0.25, 0.3) is 0 Å². The number of morpholine rings is 1. The zero-order valence-corrected chi connectivity index (χ0v) is 15.3. The minimum absolute atomic E-state index is 0.0666. The number of halogens is 2. The number of carbonyl (C=O) groups excluding carboxylic acids is 1. The van der Waals surface area contributed by atoms with Crippen LogP contribution in [0.25, 0.3) is 0 Å². The van der Waals surface area contributed by atoms with Gasteiger partial charge in [0.05, 0.1) is 18.8 Å². The van der Waals surface area contributed by atoms with Crippen molar-refractivity contribution in [2.75, 3.05) is 39.5 Å². The number of hydrogen-bond donors (Lipinski definition) is 0. The minimum atomic E-state index is -1.13. The van der Waals surface area contributed by atoms with E-state index in [1.165, 1.54) is 6.07 Å². The summed E-state index contributed by atoms with van der Waals surface area (Å²) in [6.45, 7) is 7.38. The summed E-state index contributed by atoms with van der Waals surface area (Å²) in [7, 11) is 0. The molecule has 27 heavy (non-hydrogen) atoms. The molecule has 5 nitrogen and oxygen atoms in total. The molecule has 0 amide bonds. The number of hydrogen-bond acceptors (Lipinski definition) is 5. The molecule has 0 unspecified atom stereocenters. The third-order valence-electron chi connectivity index (χ3n) is 5.11. The standard InChI is InChI=1S/C20H25F2NO4/c1-2-20(5-3-4-6-20)27-17-14-15(13-16(21)18(17)22)19(24)26-12-9-23-7-10-25-11-8-23/h2,13-14H,1,3-12H2. The van der Waals surface area contributed by atoms with Gasteiger partial charge in [-0.2, -0.15) is 4.39 Å². The second kappa shape index (κ2) is 8.80. The molecule has 2 fully saturated rings. The highest BCUT2D eigenvalue weighted by molar-refractivity contribution is 5.89. The molecule has 0 radical (unpaired) electrons. The molecule has 0 N–H and O–H groups in total. The van der Waals surface area contributed by atoms with Crippen LogP contribution in [0.15, 0.2) is 24.8 Å². The van der Waals surface area contributed by atoms with E-state index in [9.17, 15) is 13.6 Å². The van der Waals surface area contributed by atoms with Gasteiger partial charge in [0, 0.05) is 19.6 Å². The zero-order valence-electron chi connectivity index (χ0n) is 15.3. The van der Waals surface area contributed by atoms with Gasteiger partial charge in [-0.1, -0.05) is 6.58 Å². The van der Waals surface area contributed by atoms with Crippen LogP contribution in [0.4, 0.5) is 8.78 Å². The lowest BCUT2D eigenvalue weighted by Crippen LogP contribution is -2.38. The molecule has 1 aliphatic heterocycles. The van der Waals surface area contributed by atoms with E-state index in [2.05, 4.69) is 11.5 Å². The van der Waals surface area contributed by atoms with Crippen LogP contribution in [0.1, 0.15) is 36.0 Å². The van der Waals surface area contributed by atoms with Crippen LogP contribution in [0.5, 0.6) is 5.75 Å². The van der Waals surface area contributed by atoms with Gasteiger partial charge in [-0.15, -0.1) is 0 Å². The molecule has 0 spiro atoms. The van der Waals surface area contributed by atoms with Crippen LogP contribution >= 0.6 is 0 Å². The Labute approximate surface area is 157 Å². The van der Waals surface area contributed by atoms with Crippen molar-refractivity contribution in [3.8, 4) is 5.75 Å². The predicted molar refractivity (Wildman–Crippen MR) is 95.9 cm³/mol. The molecule has 1 saturated heterocycles. The fourth-order valence-corrected chi connectivity index (χ4v) is 3.47. The zero-order chi connectivity index (χ0) is 19.3. The molecule has 0 atom stereocenters. The Balaban J connectivity index is 1.65. The SMILES string of the molecule is C=CC1(Oc2cc(C(=O)OCCN3CCOCC3)cc(F)c2F)CCCC1. The summed E-state index contributed by atoms with van der Waals surface area (Å²) in [6.07, 6.45) is 4.86. The van der Waals surface area contributed by atoms with E-state index in [4.69, 9.17) is 14.2 Å². The highest BCUT2D eigenvalue weighted by Crippen LogP contribution is 2.37. The van der Waals surface area contributed by atoms with Crippen molar-refractivity contribution >= 4 is 5.97 Å². The van der Waals surface area contributed by atoms with Gasteiger partial charge >= 0.3 is 5.97 Å². The van der Waals surface area contributed by atoms with Gasteiger partial charge < -0.3 is 14.2 Å². The summed E-state index contributed by atoms with van der Waals surface area (Å²) in [5.41, 5.74) is -0.783. The van der Waals surface area contributed by atoms with E-state index in [1.807, 2.05) is 0 Å². The minimum Gasteiger partial charge on any atom is -0.480 e. The van der Waals surface area contributed by atoms with Crippen LogP contribution in [0.3, 0.4) is 0 Å². The Morgan fingerprint density at radius 3 is 2.63 bits per heavy atom. The van der Waals surface area contributed by atoms with Crippen LogP contribution in [0.2, 0.25) is 0 Å². The normalized spacial score (nSPS) is 19.6. The molecule has 148 valence electrons. The van der Waals surface area contributed by atoms with E-state index in [-0.39, 0.29) is 17.9 Å². The van der Waals surface area contributed by atoms with Crippen molar-refractivity contribution in [2.24, 2.45) is 0 Å². The summed E-state index contributed by atoms with van der Waals surface area (Å²) in [4.78, 5) is 14.4. The third kappa shape index (κ3) is 4.84. The maximum atomic E-state index is 14.2. The average molecular weight is 381 g/mol. The lowest BCUT2D eigenvalue weighted by molar-refractivity contribution is 0.0195. The number of benzene rings is 1. The smallest absolute Gasteiger partial charge is 0.338 e. The Morgan fingerprint density at radius 1 is 1.26 bits per heavy atom. The Kier molecular flexibility index (Phi) is 6.44. The summed E-state index contributed by atoms with van der Waals surface area (Å²) in [6, 6.07) is 2.05. The summed E-state index contributed by atoms with van der Waals surface area (Å²) >= 11 is 0. The fourth-order valence-electron chi connectivity index (χ4n) is 3.47. The van der Waals surface area contributed by atoms with Crippen LogP contribution in [-0.2, 0) is 9.47 Å². The summed E-state index contributed by atoms with van der Waals surface area (Å²) in [5.74, 6) is -3.22. The Hall–Kier alpha value is -1.99. The molecule has 1 aromatic carbocycles. The van der Waals surface area contributed by atoms with Crippen molar-refractivity contribution in [2.45, 2.75) is 31.3 Å². The van der Waals surface area contributed by atoms with Gasteiger partial charge in [-0.05, 0) is 43.9 Å². The number of rotatable bonds is 7. The summed E-state index contributed by atoms with van der Waals surface area (Å²) in [5, 5.41) is 0. The topological polar surface area (TPSA) is 48.0 Å². The quantitative estimate of drug-likeness (QED) is 0.536. The maximum absolute atomic E-state index is 14.2. The van der Waals surface area contributed by atoms with Crippen molar-refractivity contribution < 1.29 is 27.8 Å². The van der Waals surface area contributed by atoms with Crippen LogP contribution in [0, 0.1) is 11.6 Å². The first-order chi connectivity index (χ1) is 13.0. The van der Waals surface area contributed by atoms with Gasteiger partial charge in [-0.3, -0.25) is 4.90 Å². The molecule has 3 rings (SSSR count). The second-order valence-corrected chi connectivity index (χ2v) is 6.94. The number of nitrogens with zero attached hydrogens (tertiary/aromatic N) is 1. The number of carbonyl (C=O) groups is 1. The highest BCUT2D eigenvalue weighted by atomic mass is 19.2. The molecule has 0 bridgehead atoms. The van der Waals surface area contributed by atoms with Crippen molar-refractivity contribution in [3.63, 3.8) is 0 Å². The van der Waals surface area contributed by atoms with Crippen molar-refractivity contribution in [1.29, 1.82) is 0 Å². The first kappa shape index (κ1) is 19.8. The lowest BCUT2D eigenvalue weighted by Gasteiger charge is -2.27. The second-order valence-electron chi connectivity index (χ2n) is 6.94. The van der Waals surface area contributed by atoms with Crippen LogP contribution in [-0.4, -0.2) is 55.9 Å². The molecule has 1 heterocycles. The molecule has 0 aromatic heterocycles. The largest absolute Gasteiger partial charge is 0.480 e. The highest BCUT2D eigenvalue weighted by Gasteiger charge is 2.34. The molecule has 7 heteroatoms.